The first kappa shape index (κ1) is 12.7. The zero-order chi connectivity index (χ0) is 13.2. The van der Waals surface area contributed by atoms with Crippen molar-refractivity contribution in [2.24, 2.45) is 0 Å². The Hall–Kier alpha value is -1.29. The summed E-state index contributed by atoms with van der Waals surface area (Å²) in [6.45, 7) is 0. The monoisotopic (exact) mass is 276 g/mol. The van der Waals surface area contributed by atoms with Gasteiger partial charge in [-0.1, -0.05) is 19.3 Å². The molecule has 0 unspecified atom stereocenters. The maximum atomic E-state index is 14.2. The van der Waals surface area contributed by atoms with E-state index in [0.717, 1.165) is 5.39 Å². The van der Waals surface area contributed by atoms with E-state index in [4.69, 9.17) is 5.73 Å². The van der Waals surface area contributed by atoms with Gasteiger partial charge in [-0.25, -0.2) is 4.39 Å². The topological polar surface area (TPSA) is 38.9 Å². The van der Waals surface area contributed by atoms with Crippen molar-refractivity contribution in [3.8, 4) is 0 Å². The molecule has 3 rings (SSSR count). The Bertz CT molecular complexity index is 594. The molecule has 1 aliphatic carbocycles. The van der Waals surface area contributed by atoms with Gasteiger partial charge in [-0.15, -0.1) is 11.8 Å². The predicted molar refractivity (Wildman–Crippen MR) is 78.8 cm³/mol. The number of anilines is 1. The quantitative estimate of drug-likeness (QED) is 0.827. The van der Waals surface area contributed by atoms with Crippen molar-refractivity contribution < 1.29 is 4.39 Å². The molecule has 1 aromatic heterocycles. The van der Waals surface area contributed by atoms with Crippen molar-refractivity contribution in [1.29, 1.82) is 0 Å². The van der Waals surface area contributed by atoms with E-state index in [1.165, 1.54) is 38.2 Å². The zero-order valence-electron chi connectivity index (χ0n) is 10.7. The highest BCUT2D eigenvalue weighted by Crippen LogP contribution is 2.39. The summed E-state index contributed by atoms with van der Waals surface area (Å²) in [6, 6.07) is 5.17. The second-order valence-electron chi connectivity index (χ2n) is 5.05. The molecule has 0 aliphatic heterocycles. The third-order valence-corrected chi connectivity index (χ3v) is 5.10. The fourth-order valence-electron chi connectivity index (χ4n) is 2.67. The van der Waals surface area contributed by atoms with Crippen LogP contribution in [0.2, 0.25) is 0 Å². The summed E-state index contributed by atoms with van der Waals surface area (Å²) in [7, 11) is 0. The lowest BCUT2D eigenvalue weighted by Crippen LogP contribution is -2.08. The molecular weight excluding hydrogens is 259 g/mol. The Kier molecular flexibility index (Phi) is 3.60. The highest BCUT2D eigenvalue weighted by atomic mass is 32.2. The van der Waals surface area contributed by atoms with E-state index in [2.05, 4.69) is 4.98 Å². The second-order valence-corrected chi connectivity index (χ2v) is 6.36. The second kappa shape index (κ2) is 5.37. The van der Waals surface area contributed by atoms with Crippen LogP contribution >= 0.6 is 11.8 Å². The van der Waals surface area contributed by atoms with Gasteiger partial charge < -0.3 is 5.73 Å². The van der Waals surface area contributed by atoms with Gasteiger partial charge in [-0.2, -0.15) is 0 Å². The van der Waals surface area contributed by atoms with Crippen molar-refractivity contribution in [2.75, 3.05) is 5.73 Å². The van der Waals surface area contributed by atoms with Crippen molar-refractivity contribution in [1.82, 2.24) is 4.98 Å². The van der Waals surface area contributed by atoms with Gasteiger partial charge >= 0.3 is 0 Å². The van der Waals surface area contributed by atoms with E-state index >= 15 is 0 Å². The summed E-state index contributed by atoms with van der Waals surface area (Å²) in [6.07, 6.45) is 7.84. The first-order chi connectivity index (χ1) is 9.25. The number of fused-ring (bicyclic) bond motifs is 1. The zero-order valence-corrected chi connectivity index (χ0v) is 11.5. The summed E-state index contributed by atoms with van der Waals surface area (Å²) in [5.41, 5.74) is 7.04. The number of halogens is 1. The number of aromatic nitrogens is 1. The van der Waals surface area contributed by atoms with Gasteiger partial charge in [0.1, 0.15) is 5.82 Å². The number of hydrogen-bond acceptors (Lipinski definition) is 3. The Morgan fingerprint density at radius 1 is 1.26 bits per heavy atom. The van der Waals surface area contributed by atoms with Crippen LogP contribution in [0.4, 0.5) is 10.1 Å². The van der Waals surface area contributed by atoms with Gasteiger partial charge in [0.25, 0.3) is 0 Å². The Balaban J connectivity index is 2.01. The normalized spacial score (nSPS) is 16.9. The van der Waals surface area contributed by atoms with Crippen LogP contribution in [0.3, 0.4) is 0 Å². The SMILES string of the molecule is Nc1cc(F)c(SC2CCCCC2)c2ncccc12. The van der Waals surface area contributed by atoms with E-state index in [1.807, 2.05) is 12.1 Å². The van der Waals surface area contributed by atoms with Gasteiger partial charge in [0, 0.05) is 22.5 Å². The molecule has 19 heavy (non-hydrogen) atoms. The minimum Gasteiger partial charge on any atom is -0.398 e. The van der Waals surface area contributed by atoms with Crippen LogP contribution in [-0.4, -0.2) is 10.2 Å². The van der Waals surface area contributed by atoms with Crippen LogP contribution in [0, 0.1) is 5.82 Å². The molecule has 0 atom stereocenters. The van der Waals surface area contributed by atoms with Gasteiger partial charge in [-0.3, -0.25) is 4.98 Å². The van der Waals surface area contributed by atoms with Crippen LogP contribution in [0.1, 0.15) is 32.1 Å². The van der Waals surface area contributed by atoms with Crippen molar-refractivity contribution in [3.63, 3.8) is 0 Å². The van der Waals surface area contributed by atoms with Gasteiger partial charge in [0.2, 0.25) is 0 Å². The number of pyridine rings is 1. The lowest BCUT2D eigenvalue weighted by Gasteiger charge is -2.21. The lowest BCUT2D eigenvalue weighted by atomic mass is 10.0. The predicted octanol–water partition coefficient (Wildman–Crippen LogP) is 4.38. The fraction of sp³-hybridized carbons (Fsp3) is 0.400. The molecule has 1 aromatic carbocycles. The summed E-state index contributed by atoms with van der Waals surface area (Å²) >= 11 is 1.64. The number of rotatable bonds is 2. The number of nitrogen functional groups attached to an aromatic ring is 1. The number of hydrogen-bond donors (Lipinski definition) is 1. The standard InChI is InChI=1S/C15H17FN2S/c16-12-9-13(17)11-7-4-8-18-14(11)15(12)19-10-5-2-1-3-6-10/h4,7-10H,1-3,5-6,17H2. The molecule has 0 saturated heterocycles. The van der Waals surface area contributed by atoms with E-state index < -0.39 is 0 Å². The fourth-order valence-corrected chi connectivity index (χ4v) is 4.02. The van der Waals surface area contributed by atoms with Crippen LogP contribution < -0.4 is 5.73 Å². The smallest absolute Gasteiger partial charge is 0.141 e. The number of nitrogens with zero attached hydrogens (tertiary/aromatic N) is 1. The Morgan fingerprint density at radius 3 is 2.84 bits per heavy atom. The molecule has 0 amide bonds. The molecule has 0 bridgehead atoms. The highest BCUT2D eigenvalue weighted by molar-refractivity contribution is 8.00. The number of nitrogens with two attached hydrogens (primary N) is 1. The third kappa shape index (κ3) is 2.54. The van der Waals surface area contributed by atoms with Gasteiger partial charge in [0.05, 0.1) is 10.4 Å². The molecule has 2 aromatic rings. The molecule has 1 saturated carbocycles. The van der Waals surface area contributed by atoms with Crippen LogP contribution in [0.25, 0.3) is 10.9 Å². The van der Waals surface area contributed by atoms with E-state index in [9.17, 15) is 4.39 Å². The Morgan fingerprint density at radius 2 is 2.05 bits per heavy atom. The molecule has 0 radical (unpaired) electrons. The van der Waals surface area contributed by atoms with Crippen molar-refractivity contribution in [3.05, 3.63) is 30.2 Å². The van der Waals surface area contributed by atoms with Gasteiger partial charge in [-0.05, 0) is 31.0 Å². The first-order valence-corrected chi connectivity index (χ1v) is 7.63. The number of benzene rings is 1. The van der Waals surface area contributed by atoms with E-state index in [0.29, 0.717) is 21.3 Å². The summed E-state index contributed by atoms with van der Waals surface area (Å²) in [5, 5.41) is 1.36. The minimum absolute atomic E-state index is 0.237. The maximum absolute atomic E-state index is 14.2. The summed E-state index contributed by atoms with van der Waals surface area (Å²) in [4.78, 5) is 4.99. The molecular formula is C15H17FN2S. The molecule has 4 heteroatoms. The molecule has 2 nitrogen and oxygen atoms in total. The first-order valence-electron chi connectivity index (χ1n) is 6.75. The summed E-state index contributed by atoms with van der Waals surface area (Å²) in [5.74, 6) is -0.237. The van der Waals surface area contributed by atoms with Crippen LogP contribution in [0.15, 0.2) is 29.3 Å². The minimum atomic E-state index is -0.237. The molecule has 0 spiro atoms. The van der Waals surface area contributed by atoms with Gasteiger partial charge in [0.15, 0.2) is 0 Å². The summed E-state index contributed by atoms with van der Waals surface area (Å²) < 4.78 is 14.2. The average molecular weight is 276 g/mol. The third-order valence-electron chi connectivity index (χ3n) is 3.67. The van der Waals surface area contributed by atoms with Crippen LogP contribution in [0.5, 0.6) is 0 Å². The highest BCUT2D eigenvalue weighted by Gasteiger charge is 2.19. The molecule has 100 valence electrons. The molecule has 1 fully saturated rings. The maximum Gasteiger partial charge on any atom is 0.141 e. The van der Waals surface area contributed by atoms with Crippen molar-refractivity contribution in [2.45, 2.75) is 42.2 Å². The van der Waals surface area contributed by atoms with E-state index in [1.54, 1.807) is 18.0 Å². The Labute approximate surface area is 116 Å². The number of thioether (sulfide) groups is 1. The molecule has 2 N–H and O–H groups in total. The average Bonchev–Trinajstić information content (AvgIpc) is 2.45. The van der Waals surface area contributed by atoms with E-state index in [-0.39, 0.29) is 5.82 Å². The lowest BCUT2D eigenvalue weighted by molar-refractivity contribution is 0.515. The van der Waals surface area contributed by atoms with Crippen LogP contribution in [-0.2, 0) is 0 Å². The molecule has 1 heterocycles. The molecule has 1 aliphatic rings. The largest absolute Gasteiger partial charge is 0.398 e. The van der Waals surface area contributed by atoms with Crippen molar-refractivity contribution >= 4 is 28.4 Å².